The van der Waals surface area contributed by atoms with Gasteiger partial charge in [0.2, 0.25) is 0 Å². The van der Waals surface area contributed by atoms with Gasteiger partial charge in [-0.05, 0) is 19.3 Å². The van der Waals surface area contributed by atoms with E-state index in [4.69, 9.17) is 10.8 Å². The molecule has 3 N–H and O–H groups in total. The van der Waals surface area contributed by atoms with Gasteiger partial charge in [-0.3, -0.25) is 4.79 Å². The smallest absolute Gasteiger partial charge is 0.310 e. The lowest BCUT2D eigenvalue weighted by atomic mass is 9.87. The highest BCUT2D eigenvalue weighted by molar-refractivity contribution is 7.92. The number of nitrogens with two attached hydrogens (primary N) is 1. The summed E-state index contributed by atoms with van der Waals surface area (Å²) < 4.78 is 23.2. The Balaban J connectivity index is 2.87. The molecule has 1 saturated carbocycles. The van der Waals surface area contributed by atoms with Crippen LogP contribution in [0, 0.1) is 5.41 Å². The minimum absolute atomic E-state index is 0.0120. The van der Waals surface area contributed by atoms with E-state index in [0.29, 0.717) is 12.8 Å². The maximum atomic E-state index is 11.6. The van der Waals surface area contributed by atoms with Gasteiger partial charge in [0.05, 0.1) is 10.7 Å². The fraction of sp³-hybridized carbons (Fsp3) is 0.889. The normalized spacial score (nSPS) is 31.7. The summed E-state index contributed by atoms with van der Waals surface area (Å²) in [6, 6.07) is 0. The summed E-state index contributed by atoms with van der Waals surface area (Å²) in [6.07, 6.45) is 0.942. The molecule has 1 aliphatic rings. The highest BCUT2D eigenvalue weighted by atomic mass is 32.2. The molecular weight excluding hydrogens is 218 g/mol. The first kappa shape index (κ1) is 12.4. The van der Waals surface area contributed by atoms with Crippen LogP contribution in [0.1, 0.15) is 26.2 Å². The Kier molecular flexibility index (Phi) is 3.40. The Morgan fingerprint density at radius 2 is 2.20 bits per heavy atom. The molecule has 1 fully saturated rings. The van der Waals surface area contributed by atoms with E-state index in [0.717, 1.165) is 0 Å². The number of hydrogen-bond donors (Lipinski definition) is 2. The Labute approximate surface area is 89.6 Å². The fourth-order valence-corrected chi connectivity index (χ4v) is 3.61. The zero-order valence-electron chi connectivity index (χ0n) is 8.77. The summed E-state index contributed by atoms with van der Waals surface area (Å²) >= 11 is 0. The first-order valence-electron chi connectivity index (χ1n) is 5.03. The highest BCUT2D eigenvalue weighted by Crippen LogP contribution is 2.40. The zero-order valence-corrected chi connectivity index (χ0v) is 9.59. The van der Waals surface area contributed by atoms with Crippen molar-refractivity contribution in [2.45, 2.75) is 31.4 Å². The molecule has 0 amide bonds. The SMILES string of the molecule is CCS(=O)(=O)[C@@H]1CC[C@](CN)(C(=O)O)C1. The van der Waals surface area contributed by atoms with E-state index in [1.54, 1.807) is 6.92 Å². The van der Waals surface area contributed by atoms with Crippen LogP contribution in [0.4, 0.5) is 0 Å². The number of hydrogen-bond acceptors (Lipinski definition) is 4. The van der Waals surface area contributed by atoms with E-state index >= 15 is 0 Å². The Bertz CT molecular complexity index is 351. The van der Waals surface area contributed by atoms with Crippen LogP contribution in [0.15, 0.2) is 0 Å². The molecule has 0 aromatic carbocycles. The molecule has 0 aliphatic heterocycles. The molecule has 5 nitrogen and oxygen atoms in total. The van der Waals surface area contributed by atoms with Gasteiger partial charge >= 0.3 is 5.97 Å². The molecule has 0 heterocycles. The molecule has 0 radical (unpaired) electrons. The summed E-state index contributed by atoms with van der Waals surface area (Å²) in [6.45, 7) is 1.59. The van der Waals surface area contributed by atoms with Crippen molar-refractivity contribution in [2.75, 3.05) is 12.3 Å². The predicted octanol–water partition coefficient (Wildman–Crippen LogP) is 0.00330. The second-order valence-corrected chi connectivity index (χ2v) is 6.68. The molecule has 0 unspecified atom stereocenters. The van der Waals surface area contributed by atoms with Crippen LogP contribution in [0.25, 0.3) is 0 Å². The molecule has 0 saturated heterocycles. The van der Waals surface area contributed by atoms with Gasteiger partial charge < -0.3 is 10.8 Å². The maximum absolute atomic E-state index is 11.6. The Morgan fingerprint density at radius 1 is 1.60 bits per heavy atom. The summed E-state index contributed by atoms with van der Waals surface area (Å²) in [7, 11) is -3.13. The van der Waals surface area contributed by atoms with Crippen molar-refractivity contribution in [3.8, 4) is 0 Å². The molecule has 1 aliphatic carbocycles. The molecule has 6 heteroatoms. The van der Waals surface area contributed by atoms with Crippen molar-refractivity contribution < 1.29 is 18.3 Å². The molecule has 0 spiro atoms. The van der Waals surface area contributed by atoms with E-state index in [2.05, 4.69) is 0 Å². The quantitative estimate of drug-likeness (QED) is 0.715. The second-order valence-electron chi connectivity index (χ2n) is 4.11. The Hall–Kier alpha value is -0.620. The molecule has 1 rings (SSSR count). The lowest BCUT2D eigenvalue weighted by Gasteiger charge is -2.21. The number of rotatable bonds is 4. The highest BCUT2D eigenvalue weighted by Gasteiger charge is 2.47. The summed E-state index contributed by atoms with van der Waals surface area (Å²) in [5, 5.41) is 8.52. The molecule has 0 aromatic heterocycles. The van der Waals surface area contributed by atoms with Crippen LogP contribution >= 0.6 is 0 Å². The summed E-state index contributed by atoms with van der Waals surface area (Å²) in [5.74, 6) is -0.906. The third kappa shape index (κ3) is 2.15. The van der Waals surface area contributed by atoms with Crippen LogP contribution in [0.2, 0.25) is 0 Å². The van der Waals surface area contributed by atoms with Crippen LogP contribution in [0.5, 0.6) is 0 Å². The number of carbonyl (C=O) groups is 1. The van der Waals surface area contributed by atoms with Gasteiger partial charge in [0.1, 0.15) is 0 Å². The molecule has 0 aromatic rings. The number of carboxylic acids is 1. The van der Waals surface area contributed by atoms with E-state index in [-0.39, 0.29) is 18.7 Å². The van der Waals surface area contributed by atoms with E-state index in [1.807, 2.05) is 0 Å². The van der Waals surface area contributed by atoms with Gasteiger partial charge in [0.15, 0.2) is 9.84 Å². The van der Waals surface area contributed by atoms with Crippen molar-refractivity contribution in [3.63, 3.8) is 0 Å². The zero-order chi connectivity index (χ0) is 11.7. The predicted molar refractivity (Wildman–Crippen MR) is 56.2 cm³/mol. The van der Waals surface area contributed by atoms with Crippen molar-refractivity contribution >= 4 is 15.8 Å². The van der Waals surface area contributed by atoms with Gasteiger partial charge in [0.25, 0.3) is 0 Å². The number of carboxylic acid groups (broad SMARTS) is 1. The van der Waals surface area contributed by atoms with Crippen LogP contribution < -0.4 is 5.73 Å². The maximum Gasteiger partial charge on any atom is 0.310 e. The topological polar surface area (TPSA) is 97.5 Å². The Morgan fingerprint density at radius 3 is 2.53 bits per heavy atom. The standard InChI is InChI=1S/C9H17NO4S/c1-2-15(13,14)7-3-4-9(5-7,6-10)8(11)12/h7H,2-6,10H2,1H3,(H,11,12)/t7-,9+/m1/s1. The van der Waals surface area contributed by atoms with Crippen molar-refractivity contribution in [1.29, 1.82) is 0 Å². The van der Waals surface area contributed by atoms with E-state index < -0.39 is 26.5 Å². The molecular formula is C9H17NO4S. The van der Waals surface area contributed by atoms with Crippen molar-refractivity contribution in [1.82, 2.24) is 0 Å². The first-order valence-corrected chi connectivity index (χ1v) is 6.74. The number of sulfone groups is 1. The van der Waals surface area contributed by atoms with E-state index in [1.165, 1.54) is 0 Å². The lowest BCUT2D eigenvalue weighted by molar-refractivity contribution is -0.147. The van der Waals surface area contributed by atoms with Gasteiger partial charge in [-0.25, -0.2) is 8.42 Å². The van der Waals surface area contributed by atoms with Crippen molar-refractivity contribution in [3.05, 3.63) is 0 Å². The third-order valence-electron chi connectivity index (χ3n) is 3.32. The summed E-state index contributed by atoms with van der Waals surface area (Å²) in [5.41, 5.74) is 4.42. The van der Waals surface area contributed by atoms with Gasteiger partial charge in [-0.15, -0.1) is 0 Å². The molecule has 15 heavy (non-hydrogen) atoms. The van der Waals surface area contributed by atoms with Crippen LogP contribution in [0.3, 0.4) is 0 Å². The average molecular weight is 235 g/mol. The largest absolute Gasteiger partial charge is 0.481 e. The van der Waals surface area contributed by atoms with Crippen LogP contribution in [-0.2, 0) is 14.6 Å². The van der Waals surface area contributed by atoms with Gasteiger partial charge in [0, 0.05) is 12.3 Å². The second kappa shape index (κ2) is 4.09. The fourth-order valence-electron chi connectivity index (χ4n) is 2.09. The van der Waals surface area contributed by atoms with Crippen LogP contribution in [-0.4, -0.2) is 37.0 Å². The van der Waals surface area contributed by atoms with Gasteiger partial charge in [-0.2, -0.15) is 0 Å². The molecule has 0 bridgehead atoms. The third-order valence-corrected chi connectivity index (χ3v) is 5.54. The molecule has 88 valence electrons. The molecule has 2 atom stereocenters. The minimum Gasteiger partial charge on any atom is -0.481 e. The number of aliphatic carboxylic acids is 1. The van der Waals surface area contributed by atoms with Crippen molar-refractivity contribution in [2.24, 2.45) is 11.1 Å². The monoisotopic (exact) mass is 235 g/mol. The first-order chi connectivity index (χ1) is 6.88. The lowest BCUT2D eigenvalue weighted by Crippen LogP contribution is -2.37. The van der Waals surface area contributed by atoms with E-state index in [9.17, 15) is 13.2 Å². The summed E-state index contributed by atoms with van der Waals surface area (Å²) in [4.78, 5) is 11.0. The average Bonchev–Trinajstić information content (AvgIpc) is 2.63. The van der Waals surface area contributed by atoms with Gasteiger partial charge in [-0.1, -0.05) is 6.92 Å². The minimum atomic E-state index is -3.13.